The molecule has 1 aliphatic carbocycles. The first-order valence-corrected chi connectivity index (χ1v) is 8.69. The van der Waals surface area contributed by atoms with Crippen LogP contribution in [-0.4, -0.2) is 24.9 Å². The van der Waals surface area contributed by atoms with Crippen LogP contribution in [0.4, 0.5) is 0 Å². The summed E-state index contributed by atoms with van der Waals surface area (Å²) >= 11 is 12.3. The zero-order valence-electron chi connectivity index (χ0n) is 13.7. The molecule has 2 aromatic rings. The highest BCUT2D eigenvalue weighted by Gasteiger charge is 2.30. The molecule has 0 bridgehead atoms. The minimum absolute atomic E-state index is 0.243. The summed E-state index contributed by atoms with van der Waals surface area (Å²) < 4.78 is 0. The summed E-state index contributed by atoms with van der Waals surface area (Å²) in [7, 11) is 4.12. The van der Waals surface area contributed by atoms with Gasteiger partial charge in [-0.15, -0.1) is 0 Å². The molecule has 24 heavy (non-hydrogen) atoms. The maximum atomic E-state index is 11.6. The van der Waals surface area contributed by atoms with E-state index in [9.17, 15) is 4.79 Å². The summed E-state index contributed by atoms with van der Waals surface area (Å²) in [5.74, 6) is -0.153. The Bertz CT molecular complexity index is 789. The minimum atomic E-state index is -0.396. The first-order chi connectivity index (χ1) is 11.4. The summed E-state index contributed by atoms with van der Waals surface area (Å²) in [5.41, 5.74) is 9.56. The fourth-order valence-electron chi connectivity index (χ4n) is 3.58. The first-order valence-electron chi connectivity index (χ1n) is 7.93. The molecule has 2 N–H and O–H groups in total. The topological polar surface area (TPSA) is 46.3 Å². The quantitative estimate of drug-likeness (QED) is 0.865. The molecule has 3 nitrogen and oxygen atoms in total. The summed E-state index contributed by atoms with van der Waals surface area (Å²) in [6.45, 7) is 0. The van der Waals surface area contributed by atoms with E-state index in [1.165, 1.54) is 11.1 Å². The number of primary amides is 1. The third-order valence-corrected chi connectivity index (χ3v) is 5.54. The van der Waals surface area contributed by atoms with Crippen molar-refractivity contribution in [2.24, 2.45) is 5.73 Å². The molecule has 0 fully saturated rings. The molecule has 0 saturated carbocycles. The molecule has 0 unspecified atom stereocenters. The van der Waals surface area contributed by atoms with E-state index in [0.29, 0.717) is 15.6 Å². The highest BCUT2D eigenvalue weighted by atomic mass is 35.5. The molecule has 0 radical (unpaired) electrons. The van der Waals surface area contributed by atoms with Crippen molar-refractivity contribution in [1.82, 2.24) is 4.90 Å². The average molecular weight is 363 g/mol. The van der Waals surface area contributed by atoms with E-state index in [4.69, 9.17) is 28.9 Å². The molecule has 0 heterocycles. The molecule has 1 amide bonds. The number of fused-ring (bicyclic) bond motifs is 1. The van der Waals surface area contributed by atoms with Crippen LogP contribution < -0.4 is 5.73 Å². The second-order valence-electron chi connectivity index (χ2n) is 6.49. The van der Waals surface area contributed by atoms with Gasteiger partial charge in [-0.3, -0.25) is 4.79 Å². The van der Waals surface area contributed by atoms with Gasteiger partial charge in [0.25, 0.3) is 0 Å². The third-order valence-electron chi connectivity index (χ3n) is 4.80. The van der Waals surface area contributed by atoms with E-state index in [1.54, 1.807) is 0 Å². The SMILES string of the molecule is CN(C)[C@H]1CC[C@@H](c2ccc(Cl)c(Cl)c2)c2ccc(C(N)=O)cc21. The predicted molar refractivity (Wildman–Crippen MR) is 98.9 cm³/mol. The van der Waals surface area contributed by atoms with Crippen LogP contribution in [0.2, 0.25) is 10.0 Å². The van der Waals surface area contributed by atoms with E-state index in [-0.39, 0.29) is 12.0 Å². The van der Waals surface area contributed by atoms with Gasteiger partial charge in [0.05, 0.1) is 10.0 Å². The largest absolute Gasteiger partial charge is 0.366 e. The van der Waals surface area contributed by atoms with Gasteiger partial charge in [0.1, 0.15) is 0 Å². The van der Waals surface area contributed by atoms with Crippen LogP contribution in [0.5, 0.6) is 0 Å². The smallest absolute Gasteiger partial charge is 0.248 e. The van der Waals surface area contributed by atoms with Crippen LogP contribution in [0.1, 0.15) is 51.8 Å². The Hall–Kier alpha value is -1.55. The van der Waals surface area contributed by atoms with Gasteiger partial charge >= 0.3 is 0 Å². The van der Waals surface area contributed by atoms with E-state index < -0.39 is 5.91 Å². The van der Waals surface area contributed by atoms with E-state index in [1.807, 2.05) is 36.4 Å². The van der Waals surface area contributed by atoms with E-state index in [0.717, 1.165) is 18.4 Å². The standard InChI is InChI=1S/C19H20Cl2N2O/c1-23(2)18-8-6-13(11-4-7-16(20)17(21)10-11)14-5-3-12(19(22)24)9-15(14)18/h3-5,7,9-10,13,18H,6,8H2,1-2H3,(H2,22,24)/t13-,18-/m0/s1. The lowest BCUT2D eigenvalue weighted by Crippen LogP contribution is -2.27. The van der Waals surface area contributed by atoms with Crippen molar-refractivity contribution >= 4 is 29.1 Å². The number of nitrogens with zero attached hydrogens (tertiary/aromatic N) is 1. The van der Waals surface area contributed by atoms with Gasteiger partial charge in [0.2, 0.25) is 5.91 Å². The molecule has 126 valence electrons. The Morgan fingerprint density at radius 2 is 1.79 bits per heavy atom. The Kier molecular flexibility index (Phi) is 4.86. The molecular weight excluding hydrogens is 343 g/mol. The Labute approximate surface area is 152 Å². The van der Waals surface area contributed by atoms with Crippen molar-refractivity contribution < 1.29 is 4.79 Å². The van der Waals surface area contributed by atoms with Crippen LogP contribution in [0.15, 0.2) is 36.4 Å². The van der Waals surface area contributed by atoms with Gasteiger partial charge in [0, 0.05) is 17.5 Å². The van der Waals surface area contributed by atoms with Crippen molar-refractivity contribution in [2.45, 2.75) is 24.8 Å². The fourth-order valence-corrected chi connectivity index (χ4v) is 3.89. The lowest BCUT2D eigenvalue weighted by atomic mass is 9.76. The average Bonchev–Trinajstić information content (AvgIpc) is 2.55. The molecule has 0 aromatic heterocycles. The fraction of sp³-hybridized carbons (Fsp3) is 0.316. The van der Waals surface area contributed by atoms with Gasteiger partial charge < -0.3 is 10.6 Å². The van der Waals surface area contributed by atoms with Gasteiger partial charge in [-0.25, -0.2) is 0 Å². The van der Waals surface area contributed by atoms with Crippen LogP contribution in [-0.2, 0) is 0 Å². The summed E-state index contributed by atoms with van der Waals surface area (Å²) in [6, 6.07) is 11.9. The zero-order chi connectivity index (χ0) is 17.4. The lowest BCUT2D eigenvalue weighted by molar-refractivity contribution is 0.1000. The maximum Gasteiger partial charge on any atom is 0.248 e. The second kappa shape index (κ2) is 6.75. The van der Waals surface area contributed by atoms with E-state index in [2.05, 4.69) is 19.0 Å². The Morgan fingerprint density at radius 3 is 2.42 bits per heavy atom. The van der Waals surface area contributed by atoms with Crippen molar-refractivity contribution in [2.75, 3.05) is 14.1 Å². The number of nitrogens with two attached hydrogens (primary N) is 1. The number of carbonyl (C=O) groups excluding carboxylic acids is 1. The molecule has 0 spiro atoms. The molecule has 5 heteroatoms. The lowest BCUT2D eigenvalue weighted by Gasteiger charge is -2.35. The highest BCUT2D eigenvalue weighted by Crippen LogP contribution is 2.44. The first kappa shape index (κ1) is 17.3. The van der Waals surface area contributed by atoms with Gasteiger partial charge in [0.15, 0.2) is 0 Å². The van der Waals surface area contributed by atoms with Crippen LogP contribution in [0.3, 0.4) is 0 Å². The third kappa shape index (κ3) is 3.16. The molecule has 3 rings (SSSR count). The number of amides is 1. The zero-order valence-corrected chi connectivity index (χ0v) is 15.2. The monoisotopic (exact) mass is 362 g/mol. The number of benzene rings is 2. The van der Waals surface area contributed by atoms with Gasteiger partial charge in [-0.1, -0.05) is 35.3 Å². The molecule has 2 aromatic carbocycles. The van der Waals surface area contributed by atoms with Crippen LogP contribution in [0, 0.1) is 0 Å². The number of carbonyl (C=O) groups is 1. The molecule has 0 aliphatic heterocycles. The Morgan fingerprint density at radius 1 is 1.04 bits per heavy atom. The maximum absolute atomic E-state index is 11.6. The number of halogens is 2. The van der Waals surface area contributed by atoms with E-state index >= 15 is 0 Å². The van der Waals surface area contributed by atoms with Gasteiger partial charge in [-0.2, -0.15) is 0 Å². The molecule has 0 saturated heterocycles. The molecular formula is C19H20Cl2N2O. The summed E-state index contributed by atoms with van der Waals surface area (Å²) in [4.78, 5) is 13.8. The highest BCUT2D eigenvalue weighted by molar-refractivity contribution is 6.42. The second-order valence-corrected chi connectivity index (χ2v) is 7.31. The van der Waals surface area contributed by atoms with Crippen molar-refractivity contribution in [1.29, 1.82) is 0 Å². The summed E-state index contributed by atoms with van der Waals surface area (Å²) in [6.07, 6.45) is 2.02. The normalized spacial score (nSPS) is 20.0. The number of hydrogen-bond acceptors (Lipinski definition) is 2. The number of hydrogen-bond donors (Lipinski definition) is 1. The summed E-state index contributed by atoms with van der Waals surface area (Å²) in [5, 5.41) is 1.13. The van der Waals surface area contributed by atoms with Crippen LogP contribution >= 0.6 is 23.2 Å². The van der Waals surface area contributed by atoms with Gasteiger partial charge in [-0.05, 0) is 67.9 Å². The number of rotatable bonds is 3. The van der Waals surface area contributed by atoms with Crippen molar-refractivity contribution in [3.63, 3.8) is 0 Å². The molecule has 1 aliphatic rings. The van der Waals surface area contributed by atoms with Crippen molar-refractivity contribution in [3.05, 3.63) is 68.7 Å². The predicted octanol–water partition coefficient (Wildman–Crippen LogP) is 4.62. The molecule has 2 atom stereocenters. The minimum Gasteiger partial charge on any atom is -0.366 e. The van der Waals surface area contributed by atoms with Crippen molar-refractivity contribution in [3.8, 4) is 0 Å². The van der Waals surface area contributed by atoms with Crippen LogP contribution in [0.25, 0.3) is 0 Å². The Balaban J connectivity index is 2.10.